The van der Waals surface area contributed by atoms with Gasteiger partial charge in [-0.15, -0.1) is 0 Å². The summed E-state index contributed by atoms with van der Waals surface area (Å²) in [5.41, 5.74) is 0.993. The molecule has 0 aliphatic carbocycles. The van der Waals surface area contributed by atoms with Crippen LogP contribution in [-0.2, 0) is 25.8 Å². The number of primary sulfonamides is 1. The zero-order valence-electron chi connectivity index (χ0n) is 16.1. The Morgan fingerprint density at radius 1 is 1.08 bits per heavy atom. The minimum Gasteiger partial charge on any atom is -0.399 e. The molecule has 1 fully saturated rings. The SMILES string of the molecule is CCC(CC)(Cc1cccc(B2OC(C)(C)C(C)(C)O2)c1)S(N)(=O)=O. The van der Waals surface area contributed by atoms with Gasteiger partial charge >= 0.3 is 7.12 Å². The molecule has 2 rings (SSSR count). The van der Waals surface area contributed by atoms with Crippen LogP contribution >= 0.6 is 0 Å². The standard InChI is InChI=1S/C18H30BNO4S/c1-7-18(8-2,25(20,21)22)13-14-10-9-11-15(12-14)19-23-16(3,4)17(5,6)24-19/h9-12H,7-8,13H2,1-6H3,(H2,20,21,22). The van der Waals surface area contributed by atoms with E-state index in [2.05, 4.69) is 0 Å². The molecule has 0 amide bonds. The van der Waals surface area contributed by atoms with Gasteiger partial charge in [-0.25, -0.2) is 13.6 Å². The lowest BCUT2D eigenvalue weighted by Crippen LogP contribution is -2.44. The van der Waals surface area contributed by atoms with Crippen molar-refractivity contribution in [2.75, 3.05) is 0 Å². The van der Waals surface area contributed by atoms with Crippen molar-refractivity contribution in [3.05, 3.63) is 29.8 Å². The smallest absolute Gasteiger partial charge is 0.399 e. The van der Waals surface area contributed by atoms with E-state index in [1.54, 1.807) is 0 Å². The largest absolute Gasteiger partial charge is 0.494 e. The monoisotopic (exact) mass is 367 g/mol. The van der Waals surface area contributed by atoms with Crippen molar-refractivity contribution in [3.63, 3.8) is 0 Å². The van der Waals surface area contributed by atoms with Crippen LogP contribution in [0, 0.1) is 0 Å². The van der Waals surface area contributed by atoms with Crippen molar-refractivity contribution in [2.24, 2.45) is 5.14 Å². The number of nitrogens with two attached hydrogens (primary N) is 1. The Labute approximate surface area is 152 Å². The van der Waals surface area contributed by atoms with Gasteiger partial charge in [-0.3, -0.25) is 0 Å². The molecule has 1 aliphatic heterocycles. The van der Waals surface area contributed by atoms with Gasteiger partial charge in [0.15, 0.2) is 0 Å². The quantitative estimate of drug-likeness (QED) is 0.783. The number of rotatable bonds is 6. The van der Waals surface area contributed by atoms with Crippen LogP contribution in [0.25, 0.3) is 0 Å². The second-order valence-corrected chi connectivity index (χ2v) is 9.90. The molecular weight excluding hydrogens is 337 g/mol. The molecule has 140 valence electrons. The van der Waals surface area contributed by atoms with Crippen LogP contribution in [0.2, 0.25) is 0 Å². The van der Waals surface area contributed by atoms with Crippen LogP contribution in [0.5, 0.6) is 0 Å². The molecule has 25 heavy (non-hydrogen) atoms. The highest BCUT2D eigenvalue weighted by Gasteiger charge is 2.51. The first-order chi connectivity index (χ1) is 11.4. The topological polar surface area (TPSA) is 78.6 Å². The van der Waals surface area contributed by atoms with Gasteiger partial charge in [-0.05, 0) is 58.0 Å². The van der Waals surface area contributed by atoms with Gasteiger partial charge in [0.1, 0.15) is 0 Å². The first-order valence-corrected chi connectivity index (χ1v) is 10.4. The highest BCUT2D eigenvalue weighted by Crippen LogP contribution is 2.36. The maximum absolute atomic E-state index is 12.2. The van der Waals surface area contributed by atoms with Gasteiger partial charge in [0.2, 0.25) is 10.0 Å². The first kappa shape index (κ1) is 20.4. The zero-order chi connectivity index (χ0) is 19.1. The summed E-state index contributed by atoms with van der Waals surface area (Å²) >= 11 is 0. The zero-order valence-corrected chi connectivity index (χ0v) is 16.9. The fourth-order valence-corrected chi connectivity index (χ4v) is 4.38. The molecule has 0 unspecified atom stereocenters. The summed E-state index contributed by atoms with van der Waals surface area (Å²) in [6.07, 6.45) is 1.33. The fraction of sp³-hybridized carbons (Fsp3) is 0.667. The normalized spacial score (nSPS) is 20.0. The Kier molecular flexibility index (Phi) is 5.46. The minimum absolute atomic E-state index is 0.381. The lowest BCUT2D eigenvalue weighted by atomic mass is 9.77. The lowest BCUT2D eigenvalue weighted by molar-refractivity contribution is 0.00578. The Morgan fingerprint density at radius 2 is 1.60 bits per heavy atom. The van der Waals surface area contributed by atoms with Crippen LogP contribution in [0.4, 0.5) is 0 Å². The van der Waals surface area contributed by atoms with Gasteiger partial charge in [-0.2, -0.15) is 0 Å². The molecular formula is C18H30BNO4S. The van der Waals surface area contributed by atoms with Crippen molar-refractivity contribution < 1.29 is 17.7 Å². The third-order valence-corrected chi connectivity index (χ3v) is 7.82. The predicted molar refractivity (Wildman–Crippen MR) is 102 cm³/mol. The van der Waals surface area contributed by atoms with Crippen LogP contribution in [0.3, 0.4) is 0 Å². The van der Waals surface area contributed by atoms with E-state index in [-0.39, 0.29) is 0 Å². The van der Waals surface area contributed by atoms with Crippen molar-refractivity contribution in [1.82, 2.24) is 0 Å². The van der Waals surface area contributed by atoms with E-state index < -0.39 is 33.1 Å². The molecule has 1 aromatic rings. The summed E-state index contributed by atoms with van der Waals surface area (Å²) in [6.45, 7) is 11.8. The van der Waals surface area contributed by atoms with Crippen molar-refractivity contribution >= 4 is 22.6 Å². The second kappa shape index (κ2) is 6.69. The summed E-state index contributed by atoms with van der Waals surface area (Å²) in [6, 6.07) is 7.75. The Bertz CT molecular complexity index is 710. The van der Waals surface area contributed by atoms with E-state index in [1.165, 1.54) is 0 Å². The molecule has 1 heterocycles. The molecule has 0 atom stereocenters. The predicted octanol–water partition coefficient (Wildman–Crippen LogP) is 2.38. The number of benzene rings is 1. The number of hydrogen-bond acceptors (Lipinski definition) is 4. The molecule has 0 saturated carbocycles. The molecule has 1 saturated heterocycles. The van der Waals surface area contributed by atoms with E-state index in [0.717, 1.165) is 11.0 Å². The van der Waals surface area contributed by atoms with Gasteiger partial charge in [0.05, 0.1) is 15.9 Å². The van der Waals surface area contributed by atoms with Crippen LogP contribution in [0.1, 0.15) is 59.9 Å². The number of hydrogen-bond donors (Lipinski definition) is 1. The average Bonchev–Trinajstić information content (AvgIpc) is 2.72. The molecule has 0 bridgehead atoms. The van der Waals surface area contributed by atoms with E-state index >= 15 is 0 Å². The Hall–Kier alpha value is -0.885. The summed E-state index contributed by atoms with van der Waals surface area (Å²) in [5.74, 6) is 0. The molecule has 0 spiro atoms. The van der Waals surface area contributed by atoms with E-state index in [1.807, 2.05) is 65.8 Å². The van der Waals surface area contributed by atoms with Gasteiger partial charge in [0, 0.05) is 0 Å². The maximum Gasteiger partial charge on any atom is 0.494 e. The molecule has 7 heteroatoms. The second-order valence-electron chi connectivity index (χ2n) is 7.95. The van der Waals surface area contributed by atoms with Crippen molar-refractivity contribution in [2.45, 2.75) is 76.8 Å². The van der Waals surface area contributed by atoms with E-state index in [9.17, 15) is 8.42 Å². The fourth-order valence-electron chi connectivity index (χ4n) is 3.20. The van der Waals surface area contributed by atoms with Crippen LogP contribution in [0.15, 0.2) is 24.3 Å². The first-order valence-electron chi connectivity index (χ1n) is 8.84. The molecule has 0 aromatic heterocycles. The average molecular weight is 367 g/mol. The Balaban J connectivity index is 2.31. The number of sulfonamides is 1. The van der Waals surface area contributed by atoms with Crippen molar-refractivity contribution in [3.8, 4) is 0 Å². The highest BCUT2D eigenvalue weighted by atomic mass is 32.2. The van der Waals surface area contributed by atoms with Crippen LogP contribution < -0.4 is 10.6 Å². The van der Waals surface area contributed by atoms with E-state index in [4.69, 9.17) is 14.4 Å². The summed E-state index contributed by atoms with van der Waals surface area (Å²) in [4.78, 5) is 0. The van der Waals surface area contributed by atoms with E-state index in [0.29, 0.717) is 19.3 Å². The molecule has 5 nitrogen and oxygen atoms in total. The van der Waals surface area contributed by atoms with Crippen LogP contribution in [-0.4, -0.2) is 31.5 Å². The highest BCUT2D eigenvalue weighted by molar-refractivity contribution is 7.90. The lowest BCUT2D eigenvalue weighted by Gasteiger charge is -2.32. The third-order valence-electron chi connectivity index (χ3n) is 5.89. The summed E-state index contributed by atoms with van der Waals surface area (Å²) in [7, 11) is -4.12. The molecule has 2 N–H and O–H groups in total. The minimum atomic E-state index is -3.66. The Morgan fingerprint density at radius 3 is 2.04 bits per heavy atom. The summed E-state index contributed by atoms with van der Waals surface area (Å²) < 4.78 is 35.6. The molecule has 0 radical (unpaired) electrons. The third kappa shape index (κ3) is 3.79. The van der Waals surface area contributed by atoms with Gasteiger partial charge in [0.25, 0.3) is 0 Å². The van der Waals surface area contributed by atoms with Crippen molar-refractivity contribution in [1.29, 1.82) is 0 Å². The maximum atomic E-state index is 12.2. The van der Waals surface area contributed by atoms with Gasteiger partial charge in [-0.1, -0.05) is 38.1 Å². The summed E-state index contributed by atoms with van der Waals surface area (Å²) in [5, 5.41) is 5.54. The van der Waals surface area contributed by atoms with Gasteiger partial charge < -0.3 is 9.31 Å². The molecule has 1 aromatic carbocycles. The molecule has 1 aliphatic rings.